The van der Waals surface area contributed by atoms with Gasteiger partial charge < -0.3 is 10.6 Å². The van der Waals surface area contributed by atoms with Gasteiger partial charge in [-0.1, -0.05) is 48.5 Å². The summed E-state index contributed by atoms with van der Waals surface area (Å²) in [5, 5.41) is 7.68. The molecule has 6 heteroatoms. The standard InChI is InChI=1S/C21H24N4OS/c1-22-21(24-13-14-27(26)16-17-7-3-2-4-8-17)25-15-18-11-12-23-20-10-6-5-9-19(18)20/h2-12H,13-16H2,1H3,(H2,22,24,25). The average Bonchev–Trinajstić information content (AvgIpc) is 2.71. The fourth-order valence-corrected chi connectivity index (χ4v) is 3.86. The fourth-order valence-electron chi connectivity index (χ4n) is 2.82. The van der Waals surface area contributed by atoms with Crippen LogP contribution in [-0.4, -0.2) is 34.5 Å². The van der Waals surface area contributed by atoms with E-state index in [1.807, 2.05) is 60.8 Å². The number of guanidine groups is 1. The van der Waals surface area contributed by atoms with Gasteiger partial charge in [0.15, 0.2) is 5.96 Å². The van der Waals surface area contributed by atoms with Gasteiger partial charge in [-0.25, -0.2) is 0 Å². The summed E-state index contributed by atoms with van der Waals surface area (Å²) in [5.74, 6) is 1.86. The van der Waals surface area contributed by atoms with E-state index in [0.29, 0.717) is 30.6 Å². The molecule has 0 saturated heterocycles. The highest BCUT2D eigenvalue weighted by molar-refractivity contribution is 7.84. The third-order valence-corrected chi connectivity index (χ3v) is 5.52. The van der Waals surface area contributed by atoms with Crippen molar-refractivity contribution in [3.8, 4) is 0 Å². The monoisotopic (exact) mass is 380 g/mol. The Kier molecular flexibility index (Phi) is 6.93. The first-order valence-corrected chi connectivity index (χ1v) is 10.4. The van der Waals surface area contributed by atoms with E-state index < -0.39 is 10.8 Å². The maximum atomic E-state index is 12.2. The zero-order valence-corrected chi connectivity index (χ0v) is 16.2. The van der Waals surface area contributed by atoms with Crippen molar-refractivity contribution in [2.45, 2.75) is 12.3 Å². The van der Waals surface area contributed by atoms with Crippen molar-refractivity contribution >= 4 is 27.7 Å². The number of rotatable bonds is 7. The molecule has 0 aliphatic carbocycles. The van der Waals surface area contributed by atoms with Crippen LogP contribution in [0.4, 0.5) is 0 Å². The van der Waals surface area contributed by atoms with Crippen molar-refractivity contribution in [3.05, 3.63) is 78.0 Å². The van der Waals surface area contributed by atoms with Gasteiger partial charge in [-0.05, 0) is 23.3 Å². The molecule has 2 N–H and O–H groups in total. The molecule has 0 aliphatic heterocycles. The van der Waals surface area contributed by atoms with Crippen molar-refractivity contribution in [2.24, 2.45) is 4.99 Å². The Morgan fingerprint density at radius 2 is 1.81 bits per heavy atom. The van der Waals surface area contributed by atoms with Gasteiger partial charge in [0.25, 0.3) is 0 Å². The van der Waals surface area contributed by atoms with Crippen LogP contribution >= 0.6 is 0 Å². The van der Waals surface area contributed by atoms with Crippen molar-refractivity contribution in [2.75, 3.05) is 19.3 Å². The number of pyridine rings is 1. The van der Waals surface area contributed by atoms with Crippen LogP contribution in [0.15, 0.2) is 71.9 Å². The lowest BCUT2D eigenvalue weighted by Gasteiger charge is -2.13. The van der Waals surface area contributed by atoms with Crippen molar-refractivity contribution in [1.82, 2.24) is 15.6 Å². The minimum absolute atomic E-state index is 0.577. The second-order valence-corrected chi connectivity index (χ2v) is 7.69. The van der Waals surface area contributed by atoms with E-state index in [1.54, 1.807) is 7.05 Å². The molecule has 3 rings (SSSR count). The largest absolute Gasteiger partial charge is 0.355 e. The van der Waals surface area contributed by atoms with E-state index in [2.05, 4.69) is 26.7 Å². The molecule has 0 amide bonds. The Hall–Kier alpha value is -2.73. The molecule has 0 bridgehead atoms. The van der Waals surface area contributed by atoms with E-state index in [4.69, 9.17) is 0 Å². The van der Waals surface area contributed by atoms with Crippen LogP contribution in [0.1, 0.15) is 11.1 Å². The topological polar surface area (TPSA) is 66.4 Å². The van der Waals surface area contributed by atoms with Gasteiger partial charge in [0.1, 0.15) is 0 Å². The number of aliphatic imine (C=N–C) groups is 1. The molecule has 140 valence electrons. The second-order valence-electron chi connectivity index (χ2n) is 6.11. The van der Waals surface area contributed by atoms with Gasteiger partial charge in [-0.15, -0.1) is 0 Å². The van der Waals surface area contributed by atoms with Gasteiger partial charge in [0.2, 0.25) is 0 Å². The summed E-state index contributed by atoms with van der Waals surface area (Å²) in [5.41, 5.74) is 3.25. The molecular weight excluding hydrogens is 356 g/mol. The summed E-state index contributed by atoms with van der Waals surface area (Å²) in [6, 6.07) is 20.0. The summed E-state index contributed by atoms with van der Waals surface area (Å²) < 4.78 is 12.2. The highest BCUT2D eigenvalue weighted by Crippen LogP contribution is 2.15. The maximum Gasteiger partial charge on any atom is 0.191 e. The van der Waals surface area contributed by atoms with Crippen molar-refractivity contribution < 1.29 is 4.21 Å². The Morgan fingerprint density at radius 1 is 1.04 bits per heavy atom. The Morgan fingerprint density at radius 3 is 2.63 bits per heavy atom. The highest BCUT2D eigenvalue weighted by atomic mass is 32.2. The van der Waals surface area contributed by atoms with Crippen LogP contribution in [0, 0.1) is 0 Å². The smallest absolute Gasteiger partial charge is 0.191 e. The van der Waals surface area contributed by atoms with Crippen LogP contribution in [0.3, 0.4) is 0 Å². The quantitative estimate of drug-likeness (QED) is 0.489. The van der Waals surface area contributed by atoms with Gasteiger partial charge in [-0.2, -0.15) is 0 Å². The number of para-hydroxylation sites is 1. The molecule has 1 aromatic heterocycles. The SMILES string of the molecule is CN=C(NCCS(=O)Cc1ccccc1)NCc1ccnc2ccccc12. The Bertz CT molecular complexity index is 922. The summed E-state index contributed by atoms with van der Waals surface area (Å²) in [6.45, 7) is 1.26. The summed E-state index contributed by atoms with van der Waals surface area (Å²) in [4.78, 5) is 8.63. The first-order valence-electron chi connectivity index (χ1n) is 8.92. The predicted molar refractivity (Wildman–Crippen MR) is 113 cm³/mol. The average molecular weight is 381 g/mol. The van der Waals surface area contributed by atoms with Gasteiger partial charge in [-0.3, -0.25) is 14.2 Å². The fraction of sp³-hybridized carbons (Fsp3) is 0.238. The lowest BCUT2D eigenvalue weighted by Crippen LogP contribution is -2.38. The van der Waals surface area contributed by atoms with Crippen molar-refractivity contribution in [1.29, 1.82) is 0 Å². The minimum Gasteiger partial charge on any atom is -0.355 e. The number of benzene rings is 2. The summed E-state index contributed by atoms with van der Waals surface area (Å²) in [6.07, 6.45) is 1.82. The van der Waals surface area contributed by atoms with E-state index in [0.717, 1.165) is 22.0 Å². The summed E-state index contributed by atoms with van der Waals surface area (Å²) >= 11 is 0. The molecule has 1 unspecified atom stereocenters. The number of fused-ring (bicyclic) bond motifs is 1. The zero-order chi connectivity index (χ0) is 18.9. The number of nitrogens with one attached hydrogen (secondary N) is 2. The minimum atomic E-state index is -0.901. The molecule has 0 radical (unpaired) electrons. The van der Waals surface area contributed by atoms with Crippen LogP contribution in [0.5, 0.6) is 0 Å². The maximum absolute atomic E-state index is 12.2. The lowest BCUT2D eigenvalue weighted by atomic mass is 10.1. The van der Waals surface area contributed by atoms with E-state index >= 15 is 0 Å². The normalized spacial score (nSPS) is 12.7. The second kappa shape index (κ2) is 9.83. The van der Waals surface area contributed by atoms with Crippen LogP contribution < -0.4 is 10.6 Å². The van der Waals surface area contributed by atoms with Gasteiger partial charge in [0.05, 0.1) is 5.52 Å². The van der Waals surface area contributed by atoms with Crippen LogP contribution in [0.25, 0.3) is 10.9 Å². The molecule has 27 heavy (non-hydrogen) atoms. The third-order valence-electron chi connectivity index (χ3n) is 4.20. The molecule has 1 heterocycles. The van der Waals surface area contributed by atoms with Crippen LogP contribution in [0.2, 0.25) is 0 Å². The first-order chi connectivity index (χ1) is 13.3. The van der Waals surface area contributed by atoms with E-state index in [1.165, 1.54) is 0 Å². The zero-order valence-electron chi connectivity index (χ0n) is 15.4. The van der Waals surface area contributed by atoms with Crippen molar-refractivity contribution in [3.63, 3.8) is 0 Å². The van der Waals surface area contributed by atoms with Gasteiger partial charge >= 0.3 is 0 Å². The third kappa shape index (κ3) is 5.62. The van der Waals surface area contributed by atoms with E-state index in [-0.39, 0.29) is 0 Å². The molecule has 0 spiro atoms. The van der Waals surface area contributed by atoms with Gasteiger partial charge in [0, 0.05) is 54.0 Å². The highest BCUT2D eigenvalue weighted by Gasteiger charge is 2.05. The van der Waals surface area contributed by atoms with E-state index in [9.17, 15) is 4.21 Å². The first kappa shape index (κ1) is 19.0. The summed E-state index contributed by atoms with van der Waals surface area (Å²) in [7, 11) is 0.836. The molecule has 0 aliphatic rings. The molecule has 0 saturated carbocycles. The molecule has 3 aromatic rings. The lowest BCUT2D eigenvalue weighted by molar-refractivity contribution is 0.680. The number of nitrogens with zero attached hydrogens (tertiary/aromatic N) is 2. The number of aromatic nitrogens is 1. The molecular formula is C21H24N4OS. The molecule has 5 nitrogen and oxygen atoms in total. The molecule has 0 fully saturated rings. The molecule has 2 aromatic carbocycles. The Labute approximate surface area is 162 Å². The predicted octanol–water partition coefficient (Wildman–Crippen LogP) is 2.85. The molecule has 1 atom stereocenters. The van der Waals surface area contributed by atoms with Crippen LogP contribution in [-0.2, 0) is 23.1 Å². The number of hydrogen-bond acceptors (Lipinski definition) is 3. The number of hydrogen-bond donors (Lipinski definition) is 2. The Balaban J connectivity index is 1.47.